The van der Waals surface area contributed by atoms with Gasteiger partial charge in [0.25, 0.3) is 0 Å². The van der Waals surface area contributed by atoms with Crippen molar-refractivity contribution < 1.29 is 8.91 Å². The van der Waals surface area contributed by atoms with E-state index in [1.54, 1.807) is 19.3 Å². The van der Waals surface area contributed by atoms with Gasteiger partial charge in [-0.2, -0.15) is 4.98 Å². The van der Waals surface area contributed by atoms with Gasteiger partial charge in [0.15, 0.2) is 0 Å². The molecule has 2 aromatic carbocycles. The third-order valence-corrected chi connectivity index (χ3v) is 5.29. The second kappa shape index (κ2) is 8.45. The van der Waals surface area contributed by atoms with E-state index in [0.717, 1.165) is 16.7 Å². The molecule has 1 atom stereocenters. The number of aryl methyl sites for hydroxylation is 2. The van der Waals surface area contributed by atoms with Crippen LogP contribution in [0.25, 0.3) is 11.4 Å². The number of nitrogens with zero attached hydrogens (tertiary/aromatic N) is 3. The molecule has 0 bridgehead atoms. The first-order valence-electron chi connectivity index (χ1n) is 9.83. The van der Waals surface area contributed by atoms with E-state index in [1.807, 2.05) is 18.2 Å². The lowest BCUT2D eigenvalue weighted by Gasteiger charge is -2.14. The van der Waals surface area contributed by atoms with Gasteiger partial charge in [0, 0.05) is 13.2 Å². The van der Waals surface area contributed by atoms with Crippen molar-refractivity contribution in [3.8, 4) is 11.4 Å². The first-order valence-corrected chi connectivity index (χ1v) is 9.83. The van der Waals surface area contributed by atoms with Crippen molar-refractivity contribution >= 4 is 5.82 Å². The molecular weight excluding hydrogens is 379 g/mol. The predicted octanol–water partition coefficient (Wildman–Crippen LogP) is 5.30. The van der Waals surface area contributed by atoms with E-state index in [0.29, 0.717) is 24.0 Å². The molecule has 30 heavy (non-hydrogen) atoms. The van der Waals surface area contributed by atoms with Crippen LogP contribution in [0, 0.1) is 19.7 Å². The Morgan fingerprint density at radius 1 is 1.03 bits per heavy atom. The zero-order chi connectivity index (χ0) is 21.1. The maximum absolute atomic E-state index is 14.0. The molecule has 4 aromatic rings. The topological polar surface area (TPSA) is 63.8 Å². The van der Waals surface area contributed by atoms with E-state index >= 15 is 0 Å². The van der Waals surface area contributed by atoms with Gasteiger partial charge in [-0.1, -0.05) is 35.5 Å². The van der Waals surface area contributed by atoms with Gasteiger partial charge in [0.1, 0.15) is 11.6 Å². The van der Waals surface area contributed by atoms with Crippen LogP contribution < -0.4 is 5.32 Å². The SMILES string of the molecule is CNc1ncccc1-c1noc(C(Cc2ccc(C)c(C)c2)c2cccc(F)c2)n1. The summed E-state index contributed by atoms with van der Waals surface area (Å²) in [7, 11) is 1.79. The van der Waals surface area contributed by atoms with Crippen LogP contribution >= 0.6 is 0 Å². The van der Waals surface area contributed by atoms with Crippen LogP contribution in [-0.2, 0) is 6.42 Å². The van der Waals surface area contributed by atoms with Gasteiger partial charge in [-0.25, -0.2) is 9.37 Å². The molecular formula is C24H23FN4O. The lowest BCUT2D eigenvalue weighted by molar-refractivity contribution is 0.364. The Balaban J connectivity index is 1.74. The highest BCUT2D eigenvalue weighted by atomic mass is 19.1. The second-order valence-electron chi connectivity index (χ2n) is 7.34. The summed E-state index contributed by atoms with van der Waals surface area (Å²) < 4.78 is 19.6. The van der Waals surface area contributed by atoms with Crippen molar-refractivity contribution in [1.82, 2.24) is 15.1 Å². The Bertz CT molecular complexity index is 1170. The second-order valence-corrected chi connectivity index (χ2v) is 7.34. The van der Waals surface area contributed by atoms with Gasteiger partial charge >= 0.3 is 0 Å². The summed E-state index contributed by atoms with van der Waals surface area (Å²) in [5.74, 6) is 1.01. The molecule has 1 unspecified atom stereocenters. The van der Waals surface area contributed by atoms with Crippen molar-refractivity contribution in [2.45, 2.75) is 26.2 Å². The van der Waals surface area contributed by atoms with Crippen LogP contribution in [0.5, 0.6) is 0 Å². The number of benzene rings is 2. The van der Waals surface area contributed by atoms with Gasteiger partial charge in [0.05, 0.1) is 11.5 Å². The van der Waals surface area contributed by atoms with Crippen LogP contribution in [-0.4, -0.2) is 22.2 Å². The maximum Gasteiger partial charge on any atom is 0.234 e. The molecule has 0 spiro atoms. The Kier molecular flexibility index (Phi) is 5.57. The van der Waals surface area contributed by atoms with E-state index in [9.17, 15) is 4.39 Å². The zero-order valence-electron chi connectivity index (χ0n) is 17.2. The number of halogens is 1. The van der Waals surface area contributed by atoms with Crippen molar-refractivity contribution in [3.05, 3.63) is 94.8 Å². The highest BCUT2D eigenvalue weighted by Gasteiger charge is 2.24. The quantitative estimate of drug-likeness (QED) is 0.474. The van der Waals surface area contributed by atoms with Crippen molar-refractivity contribution in [3.63, 3.8) is 0 Å². The average molecular weight is 402 g/mol. The number of aromatic nitrogens is 3. The van der Waals surface area contributed by atoms with Crippen LogP contribution in [0.15, 0.2) is 65.3 Å². The molecule has 0 aliphatic rings. The van der Waals surface area contributed by atoms with Crippen molar-refractivity contribution in [1.29, 1.82) is 0 Å². The van der Waals surface area contributed by atoms with Gasteiger partial charge in [-0.15, -0.1) is 0 Å². The minimum absolute atomic E-state index is 0.265. The number of rotatable bonds is 6. The zero-order valence-corrected chi connectivity index (χ0v) is 17.2. The number of hydrogen-bond donors (Lipinski definition) is 1. The fourth-order valence-corrected chi connectivity index (χ4v) is 3.51. The molecule has 2 aromatic heterocycles. The summed E-state index contributed by atoms with van der Waals surface area (Å²) in [6.45, 7) is 4.17. The first-order chi connectivity index (χ1) is 14.5. The molecule has 1 N–H and O–H groups in total. The smallest absolute Gasteiger partial charge is 0.234 e. The summed E-state index contributed by atoms with van der Waals surface area (Å²) >= 11 is 0. The molecule has 0 saturated heterocycles. The van der Waals surface area contributed by atoms with Crippen LogP contribution in [0.3, 0.4) is 0 Å². The molecule has 5 nitrogen and oxygen atoms in total. The number of anilines is 1. The molecule has 0 amide bonds. The van der Waals surface area contributed by atoms with E-state index < -0.39 is 0 Å². The summed E-state index contributed by atoms with van der Waals surface area (Å²) in [5, 5.41) is 7.22. The summed E-state index contributed by atoms with van der Waals surface area (Å²) in [5.41, 5.74) is 5.12. The monoisotopic (exact) mass is 402 g/mol. The predicted molar refractivity (Wildman–Crippen MR) is 115 cm³/mol. The lowest BCUT2D eigenvalue weighted by atomic mass is 9.90. The summed E-state index contributed by atoms with van der Waals surface area (Å²) in [6, 6.07) is 16.6. The van der Waals surface area contributed by atoms with Crippen LogP contribution in [0.2, 0.25) is 0 Å². The molecule has 0 saturated carbocycles. The van der Waals surface area contributed by atoms with Crippen molar-refractivity contribution in [2.24, 2.45) is 0 Å². The van der Waals surface area contributed by atoms with Gasteiger partial charge in [0.2, 0.25) is 11.7 Å². The van der Waals surface area contributed by atoms with Gasteiger partial charge in [-0.05, 0) is 66.8 Å². The van der Waals surface area contributed by atoms with Gasteiger partial charge < -0.3 is 9.84 Å². The fraction of sp³-hybridized carbons (Fsp3) is 0.208. The number of hydrogen-bond acceptors (Lipinski definition) is 5. The van der Waals surface area contributed by atoms with Crippen molar-refractivity contribution in [2.75, 3.05) is 12.4 Å². The number of pyridine rings is 1. The molecule has 6 heteroatoms. The van der Waals surface area contributed by atoms with E-state index in [4.69, 9.17) is 4.52 Å². The minimum atomic E-state index is -0.290. The molecule has 0 fully saturated rings. The summed E-state index contributed by atoms with van der Waals surface area (Å²) in [6.07, 6.45) is 2.32. The molecule has 0 aliphatic carbocycles. The molecule has 2 heterocycles. The molecule has 0 aliphatic heterocycles. The van der Waals surface area contributed by atoms with E-state index in [1.165, 1.54) is 23.3 Å². The van der Waals surface area contributed by atoms with E-state index in [-0.39, 0.29) is 11.7 Å². The largest absolute Gasteiger partial charge is 0.373 e. The third kappa shape index (κ3) is 4.08. The number of nitrogens with one attached hydrogen (secondary N) is 1. The molecule has 4 rings (SSSR count). The fourth-order valence-electron chi connectivity index (χ4n) is 3.51. The highest BCUT2D eigenvalue weighted by Crippen LogP contribution is 2.31. The minimum Gasteiger partial charge on any atom is -0.373 e. The Hall–Kier alpha value is -3.54. The van der Waals surface area contributed by atoms with Crippen LogP contribution in [0.4, 0.5) is 10.2 Å². The average Bonchev–Trinajstić information content (AvgIpc) is 3.24. The van der Waals surface area contributed by atoms with Crippen LogP contribution in [0.1, 0.15) is 34.1 Å². The Morgan fingerprint density at radius 3 is 2.67 bits per heavy atom. The summed E-state index contributed by atoms with van der Waals surface area (Å²) in [4.78, 5) is 8.95. The van der Waals surface area contributed by atoms with E-state index in [2.05, 4.69) is 52.5 Å². The third-order valence-electron chi connectivity index (χ3n) is 5.29. The highest BCUT2D eigenvalue weighted by molar-refractivity contribution is 5.69. The Labute approximate surface area is 175 Å². The molecule has 152 valence electrons. The lowest BCUT2D eigenvalue weighted by Crippen LogP contribution is -2.07. The molecule has 0 radical (unpaired) electrons. The normalized spacial score (nSPS) is 12.0. The standard InChI is InChI=1S/C24H23FN4O/c1-15-9-10-17(12-16(15)2)13-21(18-6-4-7-19(25)14-18)24-28-23(29-30-24)20-8-5-11-27-22(20)26-3/h4-12,14,21H,13H2,1-3H3,(H,26,27). The maximum atomic E-state index is 14.0. The first kappa shape index (κ1) is 19.8. The Morgan fingerprint density at radius 2 is 1.90 bits per heavy atom. The van der Waals surface area contributed by atoms with Gasteiger partial charge in [-0.3, -0.25) is 0 Å².